The van der Waals surface area contributed by atoms with Crippen molar-refractivity contribution in [1.82, 2.24) is 0 Å². The number of rotatable bonds is 19. The zero-order valence-electron chi connectivity index (χ0n) is 21.3. The van der Waals surface area contributed by atoms with Gasteiger partial charge in [-0.1, -0.05) is 65.2 Å². The third-order valence-electron chi connectivity index (χ3n) is 5.99. The highest BCUT2D eigenvalue weighted by Crippen LogP contribution is 2.22. The molecule has 0 aromatic rings. The largest absolute Gasteiger partial charge is 0.462 e. The van der Waals surface area contributed by atoms with Crippen LogP contribution in [0.15, 0.2) is 0 Å². The Labute approximate surface area is 208 Å². The summed E-state index contributed by atoms with van der Waals surface area (Å²) in [5, 5.41) is 39.3. The Bertz CT molecular complexity index is 570. The van der Waals surface area contributed by atoms with Crippen molar-refractivity contribution in [2.45, 2.75) is 128 Å². The standard InChI is InChI=1S/C25H46O10/c1-3-5-7-8-9-10-12-14-21(28)34-18(16-32-20(27)13-11-6-4-2)17-33-25-24(31)23(30)22(29)19(15-26)35-25/h18-19,22-26,29-31H,3-17H2,1-2H3/t18-,19-,22+,23+,24-,25-/m1/s1. The molecule has 35 heavy (non-hydrogen) atoms. The van der Waals surface area contributed by atoms with Gasteiger partial charge in [0.15, 0.2) is 12.4 Å². The van der Waals surface area contributed by atoms with Crippen LogP contribution in [0.2, 0.25) is 0 Å². The van der Waals surface area contributed by atoms with Crippen LogP contribution in [0, 0.1) is 0 Å². The zero-order valence-corrected chi connectivity index (χ0v) is 21.3. The Morgan fingerprint density at radius 3 is 2.00 bits per heavy atom. The minimum atomic E-state index is -1.58. The lowest BCUT2D eigenvalue weighted by Crippen LogP contribution is -2.59. The number of aliphatic hydroxyl groups excluding tert-OH is 4. The van der Waals surface area contributed by atoms with Crippen LogP contribution in [-0.2, 0) is 28.5 Å². The summed E-state index contributed by atoms with van der Waals surface area (Å²) in [5.41, 5.74) is 0. The first-order valence-electron chi connectivity index (χ1n) is 13.1. The molecule has 0 spiro atoms. The number of hydrogen-bond donors (Lipinski definition) is 4. The molecule has 6 atom stereocenters. The van der Waals surface area contributed by atoms with E-state index < -0.39 is 55.4 Å². The van der Waals surface area contributed by atoms with Crippen molar-refractivity contribution in [3.8, 4) is 0 Å². The predicted octanol–water partition coefficient (Wildman–Crippen LogP) is 1.98. The molecule has 206 valence electrons. The molecule has 1 saturated heterocycles. The Hall–Kier alpha value is -1.30. The smallest absolute Gasteiger partial charge is 0.306 e. The Morgan fingerprint density at radius 2 is 1.34 bits per heavy atom. The van der Waals surface area contributed by atoms with E-state index in [0.29, 0.717) is 12.8 Å². The van der Waals surface area contributed by atoms with E-state index in [4.69, 9.17) is 18.9 Å². The van der Waals surface area contributed by atoms with Crippen molar-refractivity contribution in [3.63, 3.8) is 0 Å². The molecule has 10 heteroatoms. The van der Waals surface area contributed by atoms with Crippen molar-refractivity contribution in [1.29, 1.82) is 0 Å². The molecule has 10 nitrogen and oxygen atoms in total. The van der Waals surface area contributed by atoms with Crippen molar-refractivity contribution >= 4 is 11.9 Å². The van der Waals surface area contributed by atoms with Crippen LogP contribution in [0.1, 0.15) is 90.9 Å². The van der Waals surface area contributed by atoms with Gasteiger partial charge >= 0.3 is 11.9 Å². The Kier molecular flexibility index (Phi) is 17.1. The van der Waals surface area contributed by atoms with Crippen LogP contribution in [0.5, 0.6) is 0 Å². The summed E-state index contributed by atoms with van der Waals surface area (Å²) in [6, 6.07) is 0. The van der Waals surface area contributed by atoms with Gasteiger partial charge in [0.25, 0.3) is 0 Å². The maximum atomic E-state index is 12.3. The summed E-state index contributed by atoms with van der Waals surface area (Å²) < 4.78 is 21.5. The summed E-state index contributed by atoms with van der Waals surface area (Å²) >= 11 is 0. The second-order valence-corrected chi connectivity index (χ2v) is 9.15. The molecule has 1 heterocycles. The summed E-state index contributed by atoms with van der Waals surface area (Å²) in [6.45, 7) is 3.12. The van der Waals surface area contributed by atoms with Crippen LogP contribution in [0.25, 0.3) is 0 Å². The van der Waals surface area contributed by atoms with E-state index in [0.717, 1.165) is 32.1 Å². The van der Waals surface area contributed by atoms with Gasteiger partial charge in [-0.3, -0.25) is 9.59 Å². The van der Waals surface area contributed by atoms with Gasteiger partial charge in [-0.2, -0.15) is 0 Å². The number of ether oxygens (including phenoxy) is 4. The van der Waals surface area contributed by atoms with E-state index >= 15 is 0 Å². The predicted molar refractivity (Wildman–Crippen MR) is 127 cm³/mol. The first kappa shape index (κ1) is 31.7. The highest BCUT2D eigenvalue weighted by molar-refractivity contribution is 5.70. The highest BCUT2D eigenvalue weighted by Gasteiger charge is 2.44. The maximum absolute atomic E-state index is 12.3. The molecule has 0 unspecified atom stereocenters. The number of carbonyl (C=O) groups excluding carboxylic acids is 2. The van der Waals surface area contributed by atoms with Gasteiger partial charge in [0.1, 0.15) is 31.0 Å². The average Bonchev–Trinajstić information content (AvgIpc) is 2.84. The molecule has 0 amide bonds. The molecule has 0 bridgehead atoms. The lowest BCUT2D eigenvalue weighted by Gasteiger charge is -2.39. The molecule has 4 N–H and O–H groups in total. The lowest BCUT2D eigenvalue weighted by atomic mass is 9.99. The zero-order chi connectivity index (χ0) is 26.1. The minimum absolute atomic E-state index is 0.217. The Balaban J connectivity index is 2.56. The van der Waals surface area contributed by atoms with Crippen LogP contribution < -0.4 is 0 Å². The number of unbranched alkanes of at least 4 members (excludes halogenated alkanes) is 8. The van der Waals surface area contributed by atoms with Gasteiger partial charge in [0, 0.05) is 12.8 Å². The van der Waals surface area contributed by atoms with E-state index in [2.05, 4.69) is 6.92 Å². The Morgan fingerprint density at radius 1 is 0.771 bits per heavy atom. The minimum Gasteiger partial charge on any atom is -0.462 e. The average molecular weight is 507 g/mol. The number of hydrogen-bond acceptors (Lipinski definition) is 10. The van der Waals surface area contributed by atoms with E-state index in [1.165, 1.54) is 19.3 Å². The molecule has 0 radical (unpaired) electrons. The van der Waals surface area contributed by atoms with Crippen LogP contribution in [0.3, 0.4) is 0 Å². The quantitative estimate of drug-likeness (QED) is 0.151. The van der Waals surface area contributed by atoms with Gasteiger partial charge in [-0.25, -0.2) is 0 Å². The van der Waals surface area contributed by atoms with Crippen molar-refractivity contribution in [2.75, 3.05) is 19.8 Å². The van der Waals surface area contributed by atoms with E-state index in [-0.39, 0.29) is 26.1 Å². The van der Waals surface area contributed by atoms with E-state index in [1.807, 2.05) is 6.92 Å². The molecule has 1 aliphatic rings. The van der Waals surface area contributed by atoms with E-state index in [9.17, 15) is 30.0 Å². The summed E-state index contributed by atoms with van der Waals surface area (Å²) in [4.78, 5) is 24.3. The second-order valence-electron chi connectivity index (χ2n) is 9.15. The molecule has 0 saturated carbocycles. The lowest BCUT2D eigenvalue weighted by molar-refractivity contribution is -0.305. The molecular weight excluding hydrogens is 460 g/mol. The molecule has 0 aromatic heterocycles. The third-order valence-corrected chi connectivity index (χ3v) is 5.99. The van der Waals surface area contributed by atoms with Crippen molar-refractivity contribution < 1.29 is 49.0 Å². The van der Waals surface area contributed by atoms with Gasteiger partial charge < -0.3 is 39.4 Å². The molecular formula is C25H46O10. The summed E-state index contributed by atoms with van der Waals surface area (Å²) in [6.07, 6.45) is 2.43. The molecule has 1 fully saturated rings. The van der Waals surface area contributed by atoms with Crippen molar-refractivity contribution in [3.05, 3.63) is 0 Å². The molecule has 1 rings (SSSR count). The third kappa shape index (κ3) is 13.0. The maximum Gasteiger partial charge on any atom is 0.306 e. The fourth-order valence-electron chi connectivity index (χ4n) is 3.77. The number of aliphatic hydroxyl groups is 4. The van der Waals surface area contributed by atoms with Gasteiger partial charge in [0.05, 0.1) is 13.2 Å². The van der Waals surface area contributed by atoms with Crippen LogP contribution >= 0.6 is 0 Å². The molecule has 0 aromatic carbocycles. The highest BCUT2D eigenvalue weighted by atomic mass is 16.7. The number of esters is 2. The molecule has 0 aliphatic carbocycles. The fraction of sp³-hybridized carbons (Fsp3) is 0.920. The fourth-order valence-corrected chi connectivity index (χ4v) is 3.77. The van der Waals surface area contributed by atoms with Gasteiger partial charge in [0.2, 0.25) is 0 Å². The van der Waals surface area contributed by atoms with E-state index in [1.54, 1.807) is 0 Å². The van der Waals surface area contributed by atoms with Gasteiger partial charge in [-0.15, -0.1) is 0 Å². The first-order valence-corrected chi connectivity index (χ1v) is 13.1. The summed E-state index contributed by atoms with van der Waals surface area (Å²) in [5.74, 6) is -0.845. The molecule has 1 aliphatic heterocycles. The second kappa shape index (κ2) is 18.9. The number of carbonyl (C=O) groups is 2. The van der Waals surface area contributed by atoms with Crippen LogP contribution in [0.4, 0.5) is 0 Å². The first-order chi connectivity index (χ1) is 16.8. The van der Waals surface area contributed by atoms with Crippen molar-refractivity contribution in [2.24, 2.45) is 0 Å². The summed E-state index contributed by atoms with van der Waals surface area (Å²) in [7, 11) is 0. The topological polar surface area (TPSA) is 152 Å². The van der Waals surface area contributed by atoms with Crippen LogP contribution in [-0.4, -0.2) is 89.0 Å². The normalized spacial score (nSPS) is 25.3. The van der Waals surface area contributed by atoms with Gasteiger partial charge in [-0.05, 0) is 12.8 Å². The SMILES string of the molecule is CCCCCCCCCC(=O)O[C@H](COC(=O)CCCCC)CO[C@@H]1O[C@H](CO)[C@H](O)[C@H](O)[C@H]1O. The monoisotopic (exact) mass is 506 g/mol.